The quantitative estimate of drug-likeness (QED) is 0.285. The van der Waals surface area contributed by atoms with E-state index in [1.54, 1.807) is 0 Å². The van der Waals surface area contributed by atoms with E-state index < -0.39 is 0 Å². The molecule has 106 valence electrons. The van der Waals surface area contributed by atoms with Crippen LogP contribution < -0.4 is 0 Å². The lowest BCUT2D eigenvalue weighted by molar-refractivity contribution is -0.148. The average molecular weight is 376 g/mol. The molecule has 19 heavy (non-hydrogen) atoms. The topological polar surface area (TPSA) is 35.5 Å². The first kappa shape index (κ1) is 16.4. The molecule has 0 aliphatic carbocycles. The fourth-order valence-corrected chi connectivity index (χ4v) is 2.46. The smallest absolute Gasteiger partial charge is 0.306 e. The van der Waals surface area contributed by atoms with Crippen LogP contribution in [0.25, 0.3) is 0 Å². The number of carbonyl (C=O) groups is 1. The highest BCUT2D eigenvalue weighted by Gasteiger charge is 2.08. The predicted octanol–water partition coefficient (Wildman–Crippen LogP) is 3.74. The van der Waals surface area contributed by atoms with E-state index >= 15 is 0 Å². The van der Waals surface area contributed by atoms with E-state index in [0.717, 1.165) is 16.4 Å². The van der Waals surface area contributed by atoms with Crippen molar-refractivity contribution in [3.05, 3.63) is 35.9 Å². The average Bonchev–Trinajstić information content (AvgIpc) is 2.39. The number of hydrogen-bond donors (Lipinski definition) is 0. The summed E-state index contributed by atoms with van der Waals surface area (Å²) in [6.07, 6.45) is 2.08. The predicted molar refractivity (Wildman–Crippen MR) is 84.4 cm³/mol. The van der Waals surface area contributed by atoms with Gasteiger partial charge < -0.3 is 9.47 Å². The summed E-state index contributed by atoms with van der Waals surface area (Å²) in [5.41, 5.74) is 1.15. The van der Waals surface area contributed by atoms with Crippen LogP contribution in [-0.4, -0.2) is 23.1 Å². The molecule has 0 bridgehead atoms. The van der Waals surface area contributed by atoms with Crippen molar-refractivity contribution in [1.82, 2.24) is 0 Å². The third kappa shape index (κ3) is 8.21. The molecule has 1 aromatic carbocycles. The Morgan fingerprint density at radius 2 is 2.05 bits per heavy atom. The molecule has 1 atom stereocenters. The van der Waals surface area contributed by atoms with Gasteiger partial charge in [0.15, 0.2) is 0 Å². The van der Waals surface area contributed by atoms with E-state index in [1.165, 1.54) is 0 Å². The zero-order valence-electron chi connectivity index (χ0n) is 11.3. The lowest BCUT2D eigenvalue weighted by Crippen LogP contribution is -2.15. The van der Waals surface area contributed by atoms with Crippen molar-refractivity contribution < 1.29 is 14.3 Å². The molecule has 0 saturated carbocycles. The Balaban J connectivity index is 2.03. The van der Waals surface area contributed by atoms with Crippen molar-refractivity contribution in [1.29, 1.82) is 0 Å². The second-order valence-corrected chi connectivity index (χ2v) is 5.50. The highest BCUT2D eigenvalue weighted by molar-refractivity contribution is 14.1. The second-order valence-electron chi connectivity index (χ2n) is 4.42. The third-order valence-electron chi connectivity index (χ3n) is 2.63. The molecule has 0 spiro atoms. The Kier molecular flexibility index (Phi) is 8.82. The maximum Gasteiger partial charge on any atom is 0.306 e. The molecule has 0 saturated heterocycles. The van der Waals surface area contributed by atoms with Crippen molar-refractivity contribution in [3.8, 4) is 0 Å². The Morgan fingerprint density at radius 3 is 2.74 bits per heavy atom. The van der Waals surface area contributed by atoms with Crippen LogP contribution in [0.4, 0.5) is 0 Å². The fourth-order valence-electron chi connectivity index (χ4n) is 1.58. The molecule has 0 unspecified atom stereocenters. The molecule has 0 N–H and O–H groups in total. The molecule has 0 fully saturated rings. The number of alkyl halides is 1. The molecule has 0 aliphatic heterocycles. The summed E-state index contributed by atoms with van der Waals surface area (Å²) in [5, 5.41) is 0. The van der Waals surface area contributed by atoms with E-state index in [-0.39, 0.29) is 12.1 Å². The van der Waals surface area contributed by atoms with Crippen LogP contribution in [0.5, 0.6) is 0 Å². The highest BCUT2D eigenvalue weighted by Crippen LogP contribution is 2.05. The van der Waals surface area contributed by atoms with Crippen molar-refractivity contribution in [2.45, 2.75) is 38.9 Å². The zero-order valence-corrected chi connectivity index (χ0v) is 13.5. The Labute approximate surface area is 128 Å². The standard InChI is InChI=1S/C15H21IO3/c1-13(9-10-16)19-15(17)8-5-11-18-12-14-6-3-2-4-7-14/h2-4,6-7,13H,5,8-12H2,1H3/t13-/m0/s1. The molecule has 4 heteroatoms. The van der Waals surface area contributed by atoms with Gasteiger partial charge in [0.2, 0.25) is 0 Å². The summed E-state index contributed by atoms with van der Waals surface area (Å²) in [6.45, 7) is 3.12. The van der Waals surface area contributed by atoms with Gasteiger partial charge in [0.1, 0.15) is 0 Å². The number of benzene rings is 1. The van der Waals surface area contributed by atoms with Gasteiger partial charge in [0.05, 0.1) is 12.7 Å². The van der Waals surface area contributed by atoms with E-state index in [2.05, 4.69) is 22.6 Å². The molecule has 0 radical (unpaired) electrons. The molecular weight excluding hydrogens is 355 g/mol. The summed E-state index contributed by atoms with van der Waals surface area (Å²) in [5.74, 6) is -0.124. The molecule has 1 aromatic rings. The minimum absolute atomic E-state index is 0.0228. The largest absolute Gasteiger partial charge is 0.463 e. The number of ether oxygens (including phenoxy) is 2. The summed E-state index contributed by atoms with van der Waals surface area (Å²) >= 11 is 2.28. The molecule has 0 aliphatic rings. The van der Waals surface area contributed by atoms with Crippen LogP contribution in [0, 0.1) is 0 Å². The molecular formula is C15H21IO3. The van der Waals surface area contributed by atoms with Gasteiger partial charge in [0, 0.05) is 17.5 Å². The summed E-state index contributed by atoms with van der Waals surface area (Å²) in [6, 6.07) is 10.0. The number of carbonyl (C=O) groups excluding carboxylic acids is 1. The number of rotatable bonds is 9. The first-order chi connectivity index (χ1) is 9.22. The minimum atomic E-state index is -0.124. The Morgan fingerprint density at radius 1 is 1.32 bits per heavy atom. The highest BCUT2D eigenvalue weighted by atomic mass is 127. The van der Waals surface area contributed by atoms with Gasteiger partial charge in [-0.15, -0.1) is 0 Å². The van der Waals surface area contributed by atoms with Crippen LogP contribution >= 0.6 is 22.6 Å². The molecule has 1 rings (SSSR count). The van der Waals surface area contributed by atoms with Crippen molar-refractivity contribution in [3.63, 3.8) is 0 Å². The van der Waals surface area contributed by atoms with Gasteiger partial charge in [-0.2, -0.15) is 0 Å². The third-order valence-corrected chi connectivity index (χ3v) is 3.25. The maximum atomic E-state index is 11.5. The van der Waals surface area contributed by atoms with Gasteiger partial charge >= 0.3 is 5.97 Å². The SMILES string of the molecule is C[C@@H](CCI)OC(=O)CCCOCc1ccccc1. The first-order valence-corrected chi connectivity index (χ1v) is 8.12. The molecule has 0 amide bonds. The second kappa shape index (κ2) is 10.2. The van der Waals surface area contributed by atoms with Gasteiger partial charge in [-0.25, -0.2) is 0 Å². The minimum Gasteiger partial charge on any atom is -0.463 e. The van der Waals surface area contributed by atoms with Gasteiger partial charge in [-0.3, -0.25) is 4.79 Å². The monoisotopic (exact) mass is 376 g/mol. The first-order valence-electron chi connectivity index (χ1n) is 6.59. The maximum absolute atomic E-state index is 11.5. The normalized spacial score (nSPS) is 12.1. The molecule has 3 nitrogen and oxygen atoms in total. The zero-order chi connectivity index (χ0) is 13.9. The van der Waals surface area contributed by atoms with Crippen LogP contribution in [0.1, 0.15) is 31.7 Å². The summed E-state index contributed by atoms with van der Waals surface area (Å²) in [4.78, 5) is 11.5. The van der Waals surface area contributed by atoms with Gasteiger partial charge in [-0.05, 0) is 25.3 Å². The van der Waals surface area contributed by atoms with Crippen molar-refractivity contribution in [2.75, 3.05) is 11.0 Å². The van der Waals surface area contributed by atoms with Gasteiger partial charge in [-0.1, -0.05) is 52.9 Å². The van der Waals surface area contributed by atoms with E-state index in [0.29, 0.717) is 26.1 Å². The van der Waals surface area contributed by atoms with E-state index in [1.807, 2.05) is 37.3 Å². The van der Waals surface area contributed by atoms with E-state index in [4.69, 9.17) is 9.47 Å². The van der Waals surface area contributed by atoms with E-state index in [9.17, 15) is 4.79 Å². The number of esters is 1. The van der Waals surface area contributed by atoms with Crippen molar-refractivity contribution >= 4 is 28.6 Å². The van der Waals surface area contributed by atoms with Crippen LogP contribution in [0.15, 0.2) is 30.3 Å². The number of halogens is 1. The number of hydrogen-bond acceptors (Lipinski definition) is 3. The molecule has 0 heterocycles. The summed E-state index contributed by atoms with van der Waals surface area (Å²) in [7, 11) is 0. The van der Waals surface area contributed by atoms with Crippen LogP contribution in [-0.2, 0) is 20.9 Å². The van der Waals surface area contributed by atoms with Gasteiger partial charge in [0.25, 0.3) is 0 Å². The lowest BCUT2D eigenvalue weighted by atomic mass is 10.2. The Bertz CT molecular complexity index is 354. The lowest BCUT2D eigenvalue weighted by Gasteiger charge is -2.11. The fraction of sp³-hybridized carbons (Fsp3) is 0.533. The molecule has 0 aromatic heterocycles. The van der Waals surface area contributed by atoms with Crippen molar-refractivity contribution in [2.24, 2.45) is 0 Å². The summed E-state index contributed by atoms with van der Waals surface area (Å²) < 4.78 is 11.8. The Hall–Kier alpha value is -0.620. The van der Waals surface area contributed by atoms with Crippen LogP contribution in [0.2, 0.25) is 0 Å². The van der Waals surface area contributed by atoms with Crippen LogP contribution in [0.3, 0.4) is 0 Å².